The van der Waals surface area contributed by atoms with E-state index in [2.05, 4.69) is 49.2 Å². The Labute approximate surface area is 122 Å². The summed E-state index contributed by atoms with van der Waals surface area (Å²) < 4.78 is 3.18. The molecule has 19 heavy (non-hydrogen) atoms. The van der Waals surface area contributed by atoms with Gasteiger partial charge in [-0.2, -0.15) is 5.10 Å². The fourth-order valence-corrected chi connectivity index (χ4v) is 3.24. The molecule has 0 aliphatic heterocycles. The SMILES string of the molecule is CNC1CCCCc2c1cnn2-c1cccc(Br)c1. The minimum absolute atomic E-state index is 0.443. The summed E-state index contributed by atoms with van der Waals surface area (Å²) in [4.78, 5) is 0. The molecule has 1 N–H and O–H groups in total. The highest BCUT2D eigenvalue weighted by molar-refractivity contribution is 9.10. The van der Waals surface area contributed by atoms with Gasteiger partial charge < -0.3 is 5.32 Å². The summed E-state index contributed by atoms with van der Waals surface area (Å²) in [5, 5.41) is 8.02. The van der Waals surface area contributed by atoms with Crippen molar-refractivity contribution in [2.45, 2.75) is 31.7 Å². The van der Waals surface area contributed by atoms with E-state index < -0.39 is 0 Å². The lowest BCUT2D eigenvalue weighted by molar-refractivity contribution is 0.533. The van der Waals surface area contributed by atoms with Crippen molar-refractivity contribution < 1.29 is 0 Å². The second-order valence-electron chi connectivity index (χ2n) is 5.03. The molecule has 1 atom stereocenters. The van der Waals surface area contributed by atoms with E-state index in [9.17, 15) is 0 Å². The molecule has 0 radical (unpaired) electrons. The number of hydrogen-bond donors (Lipinski definition) is 1. The molecule has 2 aromatic rings. The number of aromatic nitrogens is 2. The molecule has 100 valence electrons. The number of fused-ring (bicyclic) bond motifs is 1. The summed E-state index contributed by atoms with van der Waals surface area (Å²) in [5.41, 5.74) is 3.85. The largest absolute Gasteiger partial charge is 0.313 e. The van der Waals surface area contributed by atoms with Crippen LogP contribution >= 0.6 is 15.9 Å². The first-order chi connectivity index (χ1) is 9.29. The fourth-order valence-electron chi connectivity index (χ4n) is 2.85. The number of nitrogens with zero attached hydrogens (tertiary/aromatic N) is 2. The van der Waals surface area contributed by atoms with E-state index in [1.807, 2.05) is 19.3 Å². The summed E-state index contributed by atoms with van der Waals surface area (Å²) in [7, 11) is 2.04. The summed E-state index contributed by atoms with van der Waals surface area (Å²) in [5.74, 6) is 0. The Bertz CT molecular complexity index is 577. The topological polar surface area (TPSA) is 29.9 Å². The Kier molecular flexibility index (Phi) is 3.71. The lowest BCUT2D eigenvalue weighted by Gasteiger charge is -2.13. The van der Waals surface area contributed by atoms with Crippen LogP contribution in [0.1, 0.15) is 36.6 Å². The van der Waals surface area contributed by atoms with Crippen molar-refractivity contribution in [3.8, 4) is 5.69 Å². The highest BCUT2D eigenvalue weighted by atomic mass is 79.9. The Balaban J connectivity index is 2.07. The zero-order valence-electron chi connectivity index (χ0n) is 11.1. The second kappa shape index (κ2) is 5.47. The van der Waals surface area contributed by atoms with Crippen LogP contribution in [0.5, 0.6) is 0 Å². The maximum absolute atomic E-state index is 4.60. The van der Waals surface area contributed by atoms with Gasteiger partial charge in [-0.1, -0.05) is 28.4 Å². The maximum Gasteiger partial charge on any atom is 0.0660 e. The third-order valence-electron chi connectivity index (χ3n) is 3.83. The van der Waals surface area contributed by atoms with Crippen molar-refractivity contribution in [2.24, 2.45) is 0 Å². The predicted octanol–water partition coefficient (Wildman–Crippen LogP) is 3.62. The molecule has 0 saturated carbocycles. The molecule has 1 aromatic carbocycles. The van der Waals surface area contributed by atoms with Gasteiger partial charge in [-0.3, -0.25) is 0 Å². The molecular weight excluding hydrogens is 302 g/mol. The fraction of sp³-hybridized carbons (Fsp3) is 0.400. The second-order valence-corrected chi connectivity index (χ2v) is 5.94. The summed E-state index contributed by atoms with van der Waals surface area (Å²) >= 11 is 3.53. The van der Waals surface area contributed by atoms with Gasteiger partial charge in [0, 0.05) is 21.8 Å². The van der Waals surface area contributed by atoms with Gasteiger partial charge in [-0.05, 0) is 44.5 Å². The molecule has 1 aromatic heterocycles. The van der Waals surface area contributed by atoms with Gasteiger partial charge in [0.05, 0.1) is 11.9 Å². The van der Waals surface area contributed by atoms with E-state index in [-0.39, 0.29) is 0 Å². The van der Waals surface area contributed by atoms with Gasteiger partial charge in [-0.15, -0.1) is 0 Å². The average Bonchev–Trinajstić information content (AvgIpc) is 2.72. The lowest BCUT2D eigenvalue weighted by atomic mass is 10.1. The highest BCUT2D eigenvalue weighted by Crippen LogP contribution is 2.30. The summed E-state index contributed by atoms with van der Waals surface area (Å²) in [6, 6.07) is 8.77. The van der Waals surface area contributed by atoms with Gasteiger partial charge >= 0.3 is 0 Å². The van der Waals surface area contributed by atoms with Crippen LogP contribution in [0.2, 0.25) is 0 Å². The minimum Gasteiger partial charge on any atom is -0.313 e. The van der Waals surface area contributed by atoms with Crippen LogP contribution in [0.4, 0.5) is 0 Å². The third-order valence-corrected chi connectivity index (χ3v) is 4.33. The molecule has 0 saturated heterocycles. The number of halogens is 1. The molecule has 3 rings (SSSR count). The number of rotatable bonds is 2. The number of benzene rings is 1. The molecule has 4 heteroatoms. The van der Waals surface area contributed by atoms with E-state index in [1.165, 1.54) is 30.5 Å². The number of nitrogens with one attached hydrogen (secondary N) is 1. The Morgan fingerprint density at radius 3 is 3.05 bits per heavy atom. The van der Waals surface area contributed by atoms with Crippen molar-refractivity contribution in [3.05, 3.63) is 46.2 Å². The van der Waals surface area contributed by atoms with Gasteiger partial charge in [0.25, 0.3) is 0 Å². The van der Waals surface area contributed by atoms with Crippen molar-refractivity contribution in [2.75, 3.05) is 7.05 Å². The minimum atomic E-state index is 0.443. The first-order valence-corrected chi connectivity index (χ1v) is 7.59. The van der Waals surface area contributed by atoms with E-state index in [4.69, 9.17) is 0 Å². The first kappa shape index (κ1) is 12.9. The van der Waals surface area contributed by atoms with Gasteiger partial charge in [-0.25, -0.2) is 4.68 Å². The smallest absolute Gasteiger partial charge is 0.0660 e. The first-order valence-electron chi connectivity index (χ1n) is 6.79. The van der Waals surface area contributed by atoms with Gasteiger partial charge in [0.15, 0.2) is 0 Å². The van der Waals surface area contributed by atoms with E-state index in [1.54, 1.807) is 0 Å². The molecule has 1 aliphatic carbocycles. The average molecular weight is 320 g/mol. The van der Waals surface area contributed by atoms with Crippen LogP contribution in [0, 0.1) is 0 Å². The van der Waals surface area contributed by atoms with Crippen molar-refractivity contribution in [1.29, 1.82) is 0 Å². The molecule has 0 fully saturated rings. The van der Waals surface area contributed by atoms with Crippen LogP contribution < -0.4 is 5.32 Å². The van der Waals surface area contributed by atoms with Gasteiger partial charge in [0.1, 0.15) is 0 Å². The van der Waals surface area contributed by atoms with Crippen LogP contribution in [-0.2, 0) is 6.42 Å². The zero-order valence-corrected chi connectivity index (χ0v) is 12.7. The Hall–Kier alpha value is -1.13. The molecular formula is C15H18BrN3. The molecule has 0 spiro atoms. The van der Waals surface area contributed by atoms with Crippen molar-refractivity contribution >= 4 is 15.9 Å². The Morgan fingerprint density at radius 2 is 2.26 bits per heavy atom. The maximum atomic E-state index is 4.60. The molecule has 1 aliphatic rings. The van der Waals surface area contributed by atoms with Crippen LogP contribution in [0.25, 0.3) is 5.69 Å². The molecule has 1 heterocycles. The van der Waals surface area contributed by atoms with Gasteiger partial charge in [0.2, 0.25) is 0 Å². The highest BCUT2D eigenvalue weighted by Gasteiger charge is 2.21. The van der Waals surface area contributed by atoms with Crippen molar-refractivity contribution in [1.82, 2.24) is 15.1 Å². The van der Waals surface area contributed by atoms with Crippen LogP contribution in [0.3, 0.4) is 0 Å². The monoisotopic (exact) mass is 319 g/mol. The normalized spacial score (nSPS) is 18.9. The van der Waals surface area contributed by atoms with Crippen LogP contribution in [-0.4, -0.2) is 16.8 Å². The standard InChI is InChI=1S/C15H18BrN3/c1-17-14-7-2-3-8-15-13(14)10-18-19(15)12-6-4-5-11(16)9-12/h4-6,9-10,14,17H,2-3,7-8H2,1H3. The van der Waals surface area contributed by atoms with E-state index >= 15 is 0 Å². The molecule has 0 bridgehead atoms. The van der Waals surface area contributed by atoms with E-state index in [0.29, 0.717) is 6.04 Å². The Morgan fingerprint density at radius 1 is 1.37 bits per heavy atom. The third kappa shape index (κ3) is 2.47. The quantitative estimate of drug-likeness (QED) is 0.857. The lowest BCUT2D eigenvalue weighted by Crippen LogP contribution is -2.16. The predicted molar refractivity (Wildman–Crippen MR) is 80.6 cm³/mol. The summed E-state index contributed by atoms with van der Waals surface area (Å²) in [6.45, 7) is 0. The van der Waals surface area contributed by atoms with Crippen molar-refractivity contribution in [3.63, 3.8) is 0 Å². The molecule has 3 nitrogen and oxygen atoms in total. The molecule has 1 unspecified atom stereocenters. The molecule has 0 amide bonds. The number of hydrogen-bond acceptors (Lipinski definition) is 2. The summed E-state index contributed by atoms with van der Waals surface area (Å²) in [6.07, 6.45) is 6.86. The van der Waals surface area contributed by atoms with Crippen LogP contribution in [0.15, 0.2) is 34.9 Å². The van der Waals surface area contributed by atoms with E-state index in [0.717, 1.165) is 16.6 Å². The zero-order chi connectivity index (χ0) is 13.2.